The summed E-state index contributed by atoms with van der Waals surface area (Å²) in [6, 6.07) is 3.65. The van der Waals surface area contributed by atoms with Crippen LogP contribution in [0.2, 0.25) is 0 Å². The molecule has 0 saturated carbocycles. The molecule has 1 rings (SSSR count). The number of hydrogen-bond donors (Lipinski definition) is 1. The predicted molar refractivity (Wildman–Crippen MR) is 67.7 cm³/mol. The molecule has 1 N–H and O–H groups in total. The standard InChI is InChI=1S/C13H18F4N2/c1-9(2)19(8-13(15,16)17)12-5-10(7-18-3)4-11(14)6-12/h4-6,9,18H,7-8H2,1-3H3. The van der Waals surface area contributed by atoms with Crippen molar-refractivity contribution in [1.82, 2.24) is 5.32 Å². The van der Waals surface area contributed by atoms with E-state index in [2.05, 4.69) is 5.32 Å². The molecule has 0 aliphatic heterocycles. The van der Waals surface area contributed by atoms with Crippen LogP contribution in [0.5, 0.6) is 0 Å². The van der Waals surface area contributed by atoms with Crippen LogP contribution >= 0.6 is 0 Å². The first-order valence-corrected chi connectivity index (χ1v) is 6.00. The Hall–Kier alpha value is -1.30. The van der Waals surface area contributed by atoms with Gasteiger partial charge in [-0.1, -0.05) is 0 Å². The second-order valence-electron chi connectivity index (χ2n) is 4.68. The van der Waals surface area contributed by atoms with Crippen molar-refractivity contribution in [2.75, 3.05) is 18.5 Å². The Labute approximate surface area is 110 Å². The maximum Gasteiger partial charge on any atom is 0.405 e. The van der Waals surface area contributed by atoms with E-state index in [1.165, 1.54) is 6.07 Å². The molecule has 1 aromatic carbocycles. The van der Waals surface area contributed by atoms with Crippen LogP contribution in [0.25, 0.3) is 0 Å². The molecule has 108 valence electrons. The Balaban J connectivity index is 3.08. The average molecular weight is 278 g/mol. The van der Waals surface area contributed by atoms with E-state index >= 15 is 0 Å². The van der Waals surface area contributed by atoms with Gasteiger partial charge in [0.05, 0.1) is 0 Å². The quantitative estimate of drug-likeness (QED) is 0.831. The number of alkyl halides is 3. The van der Waals surface area contributed by atoms with Gasteiger partial charge in [-0.25, -0.2) is 4.39 Å². The van der Waals surface area contributed by atoms with E-state index in [-0.39, 0.29) is 11.7 Å². The summed E-state index contributed by atoms with van der Waals surface area (Å²) in [4.78, 5) is 1.14. The summed E-state index contributed by atoms with van der Waals surface area (Å²) in [6.45, 7) is 2.61. The zero-order chi connectivity index (χ0) is 14.6. The first-order chi connectivity index (χ1) is 8.73. The molecule has 19 heavy (non-hydrogen) atoms. The summed E-state index contributed by atoms with van der Waals surface area (Å²) in [5.41, 5.74) is 0.864. The van der Waals surface area contributed by atoms with Crippen molar-refractivity contribution in [2.24, 2.45) is 0 Å². The second kappa shape index (κ2) is 6.23. The lowest BCUT2D eigenvalue weighted by atomic mass is 10.1. The average Bonchev–Trinajstić information content (AvgIpc) is 2.24. The molecule has 1 aromatic rings. The van der Waals surface area contributed by atoms with E-state index in [0.717, 1.165) is 11.0 Å². The van der Waals surface area contributed by atoms with E-state index in [0.29, 0.717) is 12.1 Å². The Bertz CT molecular complexity index is 416. The molecule has 0 aromatic heterocycles. The smallest absolute Gasteiger partial charge is 0.360 e. The van der Waals surface area contributed by atoms with Gasteiger partial charge >= 0.3 is 6.18 Å². The first-order valence-electron chi connectivity index (χ1n) is 6.00. The maximum absolute atomic E-state index is 13.5. The highest BCUT2D eigenvalue weighted by Gasteiger charge is 2.32. The fourth-order valence-corrected chi connectivity index (χ4v) is 1.87. The van der Waals surface area contributed by atoms with Crippen LogP contribution < -0.4 is 10.2 Å². The largest absolute Gasteiger partial charge is 0.405 e. The van der Waals surface area contributed by atoms with Gasteiger partial charge in [-0.05, 0) is 44.7 Å². The fourth-order valence-electron chi connectivity index (χ4n) is 1.87. The minimum absolute atomic E-state index is 0.248. The van der Waals surface area contributed by atoms with Crippen LogP contribution in [0.3, 0.4) is 0 Å². The van der Waals surface area contributed by atoms with Crippen molar-refractivity contribution in [3.63, 3.8) is 0 Å². The zero-order valence-corrected chi connectivity index (χ0v) is 11.2. The molecule has 0 heterocycles. The van der Waals surface area contributed by atoms with Crippen molar-refractivity contribution >= 4 is 5.69 Å². The number of anilines is 1. The Kier molecular flexibility index (Phi) is 5.17. The highest BCUT2D eigenvalue weighted by Crippen LogP contribution is 2.26. The van der Waals surface area contributed by atoms with E-state index in [1.807, 2.05) is 0 Å². The van der Waals surface area contributed by atoms with E-state index < -0.39 is 18.5 Å². The molecule has 0 fully saturated rings. The third kappa shape index (κ3) is 5.06. The summed E-state index contributed by atoms with van der Waals surface area (Å²) in [5, 5.41) is 2.85. The van der Waals surface area contributed by atoms with Crippen LogP contribution in [-0.2, 0) is 6.54 Å². The molecule has 0 amide bonds. The molecule has 0 aliphatic carbocycles. The topological polar surface area (TPSA) is 15.3 Å². The summed E-state index contributed by atoms with van der Waals surface area (Å²) in [7, 11) is 1.69. The minimum atomic E-state index is -4.32. The van der Waals surface area contributed by atoms with E-state index in [1.54, 1.807) is 27.0 Å². The van der Waals surface area contributed by atoms with Crippen molar-refractivity contribution in [3.05, 3.63) is 29.6 Å². The van der Waals surface area contributed by atoms with Crippen LogP contribution in [-0.4, -0.2) is 25.8 Å². The lowest BCUT2D eigenvalue weighted by Gasteiger charge is -2.30. The van der Waals surface area contributed by atoms with Gasteiger partial charge in [0, 0.05) is 18.3 Å². The lowest BCUT2D eigenvalue weighted by Crippen LogP contribution is -2.39. The van der Waals surface area contributed by atoms with Crippen LogP contribution in [0.1, 0.15) is 19.4 Å². The zero-order valence-electron chi connectivity index (χ0n) is 11.2. The van der Waals surface area contributed by atoms with Crippen LogP contribution in [0.4, 0.5) is 23.2 Å². The Morgan fingerprint density at radius 1 is 1.21 bits per heavy atom. The highest BCUT2D eigenvalue weighted by atomic mass is 19.4. The number of nitrogens with zero attached hydrogens (tertiary/aromatic N) is 1. The molecular formula is C13H18F4N2. The van der Waals surface area contributed by atoms with Crippen molar-refractivity contribution in [2.45, 2.75) is 32.6 Å². The lowest BCUT2D eigenvalue weighted by molar-refractivity contribution is -0.120. The first kappa shape index (κ1) is 15.8. The molecule has 0 bridgehead atoms. The van der Waals surface area contributed by atoms with Crippen molar-refractivity contribution in [1.29, 1.82) is 0 Å². The molecule has 0 saturated heterocycles. The SMILES string of the molecule is CNCc1cc(F)cc(N(CC(F)(F)F)C(C)C)c1. The second-order valence-corrected chi connectivity index (χ2v) is 4.68. The summed E-state index contributed by atoms with van der Waals surface area (Å²) < 4.78 is 51.1. The van der Waals surface area contributed by atoms with Gasteiger partial charge in [-0.3, -0.25) is 0 Å². The fraction of sp³-hybridized carbons (Fsp3) is 0.538. The number of nitrogens with one attached hydrogen (secondary N) is 1. The third-order valence-corrected chi connectivity index (χ3v) is 2.63. The van der Waals surface area contributed by atoms with Gasteiger partial charge in [0.25, 0.3) is 0 Å². The summed E-state index contributed by atoms with van der Waals surface area (Å²) in [5.74, 6) is -0.532. The Morgan fingerprint density at radius 3 is 2.32 bits per heavy atom. The molecule has 0 radical (unpaired) electrons. The van der Waals surface area contributed by atoms with E-state index in [4.69, 9.17) is 0 Å². The van der Waals surface area contributed by atoms with Gasteiger partial charge in [-0.2, -0.15) is 13.2 Å². The van der Waals surface area contributed by atoms with Gasteiger partial charge < -0.3 is 10.2 Å². The van der Waals surface area contributed by atoms with Gasteiger partial charge in [-0.15, -0.1) is 0 Å². The summed E-state index contributed by atoms with van der Waals surface area (Å²) >= 11 is 0. The van der Waals surface area contributed by atoms with Gasteiger partial charge in [0.2, 0.25) is 0 Å². The van der Waals surface area contributed by atoms with Crippen molar-refractivity contribution < 1.29 is 17.6 Å². The van der Waals surface area contributed by atoms with Crippen LogP contribution in [0.15, 0.2) is 18.2 Å². The van der Waals surface area contributed by atoms with Gasteiger partial charge in [0.15, 0.2) is 0 Å². The van der Waals surface area contributed by atoms with Crippen LogP contribution in [0, 0.1) is 5.82 Å². The number of hydrogen-bond acceptors (Lipinski definition) is 2. The predicted octanol–water partition coefficient (Wildman–Crippen LogP) is 3.32. The van der Waals surface area contributed by atoms with Gasteiger partial charge in [0.1, 0.15) is 12.4 Å². The van der Waals surface area contributed by atoms with Crippen molar-refractivity contribution in [3.8, 4) is 0 Å². The maximum atomic E-state index is 13.5. The molecule has 0 spiro atoms. The molecule has 0 aliphatic rings. The third-order valence-electron chi connectivity index (χ3n) is 2.63. The Morgan fingerprint density at radius 2 is 1.84 bits per heavy atom. The molecule has 2 nitrogen and oxygen atoms in total. The monoisotopic (exact) mass is 278 g/mol. The molecule has 6 heteroatoms. The van der Waals surface area contributed by atoms with E-state index in [9.17, 15) is 17.6 Å². The number of halogens is 4. The molecule has 0 atom stereocenters. The molecule has 0 unspecified atom stereocenters. The minimum Gasteiger partial charge on any atom is -0.360 e. The highest BCUT2D eigenvalue weighted by molar-refractivity contribution is 5.50. The summed E-state index contributed by atoms with van der Waals surface area (Å²) in [6.07, 6.45) is -4.32. The number of benzene rings is 1. The normalized spacial score (nSPS) is 12.0. The molecular weight excluding hydrogens is 260 g/mol. The number of rotatable bonds is 5.